The molecule has 176 valence electrons. The molecule has 0 aromatic heterocycles. The van der Waals surface area contributed by atoms with E-state index in [-0.39, 0.29) is 23.2 Å². The van der Waals surface area contributed by atoms with Gasteiger partial charge < -0.3 is 5.11 Å². The number of thioether (sulfide) groups is 1. The molecular weight excluding hydrogens is 459 g/mol. The smallest absolute Gasteiger partial charge is 0.161 e. The normalized spacial score (nSPS) is 19.6. The first kappa shape index (κ1) is 23.1. The minimum absolute atomic E-state index is 0.0168. The Morgan fingerprint density at radius 1 is 1.00 bits per heavy atom. The average molecular weight is 485 g/mol. The molecule has 2 aliphatic rings. The molecule has 0 amide bonds. The third-order valence-electron chi connectivity index (χ3n) is 6.59. The van der Waals surface area contributed by atoms with Crippen LogP contribution in [0.3, 0.4) is 0 Å². The number of halogens is 1. The van der Waals surface area contributed by atoms with Crippen molar-refractivity contribution in [3.05, 3.63) is 113 Å². The first-order valence-electron chi connectivity index (χ1n) is 11.5. The van der Waals surface area contributed by atoms with Crippen molar-refractivity contribution >= 4 is 34.8 Å². The fraction of sp³-hybridized carbons (Fsp3) is 0.172. The number of aliphatic hydroxyl groups is 1. The van der Waals surface area contributed by atoms with E-state index in [0.717, 1.165) is 16.2 Å². The van der Waals surface area contributed by atoms with Crippen molar-refractivity contribution in [2.75, 3.05) is 11.2 Å². The molecule has 0 saturated carbocycles. The van der Waals surface area contributed by atoms with Crippen LogP contribution in [0.4, 0.5) is 10.1 Å². The van der Waals surface area contributed by atoms with Crippen molar-refractivity contribution in [3.8, 4) is 0 Å². The molecule has 4 nitrogen and oxygen atoms in total. The highest BCUT2D eigenvalue weighted by atomic mass is 32.2. The van der Waals surface area contributed by atoms with Crippen LogP contribution in [0.2, 0.25) is 0 Å². The molecule has 6 heteroatoms. The van der Waals surface area contributed by atoms with Crippen LogP contribution in [0.1, 0.15) is 36.3 Å². The van der Waals surface area contributed by atoms with E-state index in [1.54, 1.807) is 40.9 Å². The summed E-state index contributed by atoms with van der Waals surface area (Å²) in [5, 5.41) is 20.8. The molecule has 0 spiro atoms. The van der Waals surface area contributed by atoms with Gasteiger partial charge in [0, 0.05) is 45.3 Å². The molecule has 1 atom stereocenters. The van der Waals surface area contributed by atoms with Crippen LogP contribution in [0, 0.1) is 11.2 Å². The monoisotopic (exact) mass is 484 g/mol. The lowest BCUT2D eigenvalue weighted by Crippen LogP contribution is -2.42. The minimum Gasteiger partial charge on any atom is -0.507 e. The number of benzene rings is 3. The summed E-state index contributed by atoms with van der Waals surface area (Å²) in [5.74, 6) is -0.876. The molecule has 2 N–H and O–H groups in total. The number of carbonyl (C=O) groups is 1. The summed E-state index contributed by atoms with van der Waals surface area (Å²) < 4.78 is 13.7. The van der Waals surface area contributed by atoms with Crippen LogP contribution < -0.4 is 4.90 Å². The number of aliphatic hydroxyl groups excluding tert-OH is 1. The number of carbonyl (C=O) groups excluding carboxylic acids is 1. The zero-order valence-electron chi connectivity index (χ0n) is 19.3. The van der Waals surface area contributed by atoms with E-state index >= 15 is 0 Å². The van der Waals surface area contributed by atoms with Gasteiger partial charge in [0.1, 0.15) is 17.4 Å². The van der Waals surface area contributed by atoms with Gasteiger partial charge in [0.05, 0.1) is 0 Å². The standard InChI is InChI=1S/C29H25FN2O2S/c1-35-22-16-10-18(11-17-22)25-26-23(8-5-9-24(26)33)32(21-14-12-20(30)13-15-21)29(31)27(25)28(34)19-6-3-2-4-7-19/h2-4,6-7,10-17,25,31,34H,5,8-9H2,1H3/b28-27+,31-29?. The van der Waals surface area contributed by atoms with Crippen LogP contribution in [0.25, 0.3) is 5.76 Å². The maximum atomic E-state index is 13.7. The van der Waals surface area contributed by atoms with Crippen LogP contribution in [0.15, 0.2) is 101 Å². The number of nitrogens with one attached hydrogen (secondary N) is 1. The second kappa shape index (κ2) is 9.55. The quantitative estimate of drug-likeness (QED) is 0.306. The molecule has 0 bridgehead atoms. The number of allylic oxidation sites excluding steroid dienone is 2. The van der Waals surface area contributed by atoms with Gasteiger partial charge in [-0.05, 0) is 61.1 Å². The Balaban J connectivity index is 1.80. The second-order valence-corrected chi connectivity index (χ2v) is 9.51. The van der Waals surface area contributed by atoms with Crippen LogP contribution in [0.5, 0.6) is 0 Å². The summed E-state index contributed by atoms with van der Waals surface area (Å²) in [6, 6.07) is 23.0. The summed E-state index contributed by atoms with van der Waals surface area (Å²) in [6.07, 6.45) is 3.73. The number of ketones is 1. The van der Waals surface area contributed by atoms with Gasteiger partial charge >= 0.3 is 0 Å². The van der Waals surface area contributed by atoms with E-state index in [0.29, 0.717) is 41.7 Å². The van der Waals surface area contributed by atoms with E-state index in [4.69, 9.17) is 0 Å². The largest absolute Gasteiger partial charge is 0.507 e. The van der Waals surface area contributed by atoms with Crippen molar-refractivity contribution in [2.45, 2.75) is 30.1 Å². The van der Waals surface area contributed by atoms with Gasteiger partial charge in [-0.1, -0.05) is 42.5 Å². The van der Waals surface area contributed by atoms with Crippen molar-refractivity contribution < 1.29 is 14.3 Å². The molecule has 5 rings (SSSR count). The fourth-order valence-corrected chi connectivity index (χ4v) is 5.36. The number of amidine groups is 1. The SMILES string of the molecule is CSc1ccc(C2C3=C(CCCC3=O)N(c3ccc(F)cc3)C(=N)/C2=C(/O)c2ccccc2)cc1. The fourth-order valence-electron chi connectivity index (χ4n) is 4.95. The Labute approximate surface area is 208 Å². The highest BCUT2D eigenvalue weighted by Gasteiger charge is 2.43. The molecule has 3 aromatic rings. The Morgan fingerprint density at radius 2 is 1.69 bits per heavy atom. The molecule has 3 aromatic carbocycles. The molecule has 0 radical (unpaired) electrons. The van der Waals surface area contributed by atoms with E-state index in [9.17, 15) is 19.7 Å². The third kappa shape index (κ3) is 4.19. The summed E-state index contributed by atoms with van der Waals surface area (Å²) >= 11 is 1.63. The lowest BCUT2D eigenvalue weighted by molar-refractivity contribution is -0.116. The maximum absolute atomic E-state index is 13.7. The van der Waals surface area contributed by atoms with Crippen molar-refractivity contribution in [1.29, 1.82) is 5.41 Å². The van der Waals surface area contributed by atoms with E-state index < -0.39 is 5.92 Å². The molecule has 1 aliphatic heterocycles. The predicted molar refractivity (Wildman–Crippen MR) is 139 cm³/mol. The molecule has 1 aliphatic carbocycles. The van der Waals surface area contributed by atoms with Gasteiger partial charge in [-0.25, -0.2) is 4.39 Å². The Hall–Kier alpha value is -3.64. The lowest BCUT2D eigenvalue weighted by Gasteiger charge is -2.41. The number of nitrogens with zero attached hydrogens (tertiary/aromatic N) is 1. The lowest BCUT2D eigenvalue weighted by atomic mass is 9.73. The molecule has 0 saturated heterocycles. The first-order valence-corrected chi connectivity index (χ1v) is 12.8. The van der Waals surface area contributed by atoms with E-state index in [2.05, 4.69) is 0 Å². The Morgan fingerprint density at radius 3 is 2.34 bits per heavy atom. The first-order chi connectivity index (χ1) is 17.0. The number of anilines is 1. The summed E-state index contributed by atoms with van der Waals surface area (Å²) in [6.45, 7) is 0. The van der Waals surface area contributed by atoms with Crippen molar-refractivity contribution in [2.24, 2.45) is 0 Å². The molecule has 35 heavy (non-hydrogen) atoms. The zero-order valence-corrected chi connectivity index (χ0v) is 20.1. The van der Waals surface area contributed by atoms with Crippen molar-refractivity contribution in [3.63, 3.8) is 0 Å². The van der Waals surface area contributed by atoms with E-state index in [1.165, 1.54) is 12.1 Å². The average Bonchev–Trinajstić information content (AvgIpc) is 2.89. The van der Waals surface area contributed by atoms with Crippen LogP contribution >= 0.6 is 11.8 Å². The maximum Gasteiger partial charge on any atom is 0.161 e. The number of rotatable bonds is 4. The Kier molecular flexibility index (Phi) is 6.31. The van der Waals surface area contributed by atoms with Crippen LogP contribution in [-0.4, -0.2) is 23.0 Å². The number of hydrogen-bond donors (Lipinski definition) is 2. The highest BCUT2D eigenvalue weighted by Crippen LogP contribution is 2.48. The molecule has 1 heterocycles. The topological polar surface area (TPSA) is 64.4 Å². The summed E-state index contributed by atoms with van der Waals surface area (Å²) in [7, 11) is 0. The van der Waals surface area contributed by atoms with Gasteiger partial charge in [0.2, 0.25) is 0 Å². The molecular formula is C29H25FN2O2S. The van der Waals surface area contributed by atoms with E-state index in [1.807, 2.05) is 48.7 Å². The third-order valence-corrected chi connectivity index (χ3v) is 7.33. The minimum atomic E-state index is -0.571. The number of Topliss-reactive ketones (excluding diaryl/α,β-unsaturated/α-hetero) is 1. The second-order valence-electron chi connectivity index (χ2n) is 8.63. The Bertz CT molecular complexity index is 1350. The van der Waals surface area contributed by atoms with Gasteiger partial charge in [-0.2, -0.15) is 0 Å². The van der Waals surface area contributed by atoms with Gasteiger partial charge in [0.25, 0.3) is 0 Å². The molecule has 0 fully saturated rings. The van der Waals surface area contributed by atoms with Gasteiger partial charge in [-0.3, -0.25) is 15.1 Å². The van der Waals surface area contributed by atoms with Gasteiger partial charge in [0.15, 0.2) is 5.78 Å². The van der Waals surface area contributed by atoms with Crippen molar-refractivity contribution in [1.82, 2.24) is 0 Å². The molecule has 1 unspecified atom stereocenters. The van der Waals surface area contributed by atoms with Crippen LogP contribution in [-0.2, 0) is 4.79 Å². The highest BCUT2D eigenvalue weighted by molar-refractivity contribution is 7.98. The van der Waals surface area contributed by atoms with Gasteiger partial charge in [-0.15, -0.1) is 11.8 Å². The summed E-state index contributed by atoms with van der Waals surface area (Å²) in [4.78, 5) is 16.2. The number of hydrogen-bond acceptors (Lipinski definition) is 4. The zero-order chi connectivity index (χ0) is 24.5. The predicted octanol–water partition coefficient (Wildman–Crippen LogP) is 7.11. The summed E-state index contributed by atoms with van der Waals surface area (Å²) in [5.41, 5.74) is 3.74.